The summed E-state index contributed by atoms with van der Waals surface area (Å²) in [6, 6.07) is 2.21. The monoisotopic (exact) mass is 231 g/mol. The van der Waals surface area contributed by atoms with Crippen molar-refractivity contribution < 1.29 is 22.7 Å². The lowest BCUT2D eigenvalue weighted by atomic mass is 10.5. The highest BCUT2D eigenvalue weighted by Crippen LogP contribution is 2.22. The minimum atomic E-state index is -3.69. The van der Waals surface area contributed by atoms with E-state index in [-0.39, 0.29) is 16.9 Å². The molecular weight excluding hydrogens is 222 g/mol. The number of aromatic carboxylic acids is 1. The third-order valence-electron chi connectivity index (χ3n) is 1.96. The fourth-order valence-corrected chi connectivity index (χ4v) is 2.30. The summed E-state index contributed by atoms with van der Waals surface area (Å²) in [7, 11) is -3.69. The number of hydrogen-bond acceptors (Lipinski definition) is 4. The van der Waals surface area contributed by atoms with Crippen LogP contribution >= 0.6 is 0 Å². The van der Waals surface area contributed by atoms with E-state index < -0.39 is 16.0 Å². The van der Waals surface area contributed by atoms with Crippen LogP contribution in [0.4, 0.5) is 0 Å². The molecule has 0 bridgehead atoms. The van der Waals surface area contributed by atoms with Crippen LogP contribution in [0.3, 0.4) is 0 Å². The Balaban J connectivity index is 2.23. The largest absolute Gasteiger partial charge is 0.475 e. The zero-order valence-electron chi connectivity index (χ0n) is 7.63. The number of carboxylic acid groups (broad SMARTS) is 1. The van der Waals surface area contributed by atoms with Crippen LogP contribution in [0.15, 0.2) is 21.6 Å². The Labute approximate surface area is 85.9 Å². The summed E-state index contributed by atoms with van der Waals surface area (Å²) in [6.45, 7) is 0. The number of sulfonamides is 1. The van der Waals surface area contributed by atoms with E-state index in [1.807, 2.05) is 0 Å². The first kappa shape index (κ1) is 10.2. The Kier molecular flexibility index (Phi) is 2.28. The van der Waals surface area contributed by atoms with Gasteiger partial charge in [0.1, 0.15) is 0 Å². The summed E-state index contributed by atoms with van der Waals surface area (Å²) in [5.41, 5.74) is 0. The Morgan fingerprint density at radius 2 is 2.13 bits per heavy atom. The summed E-state index contributed by atoms with van der Waals surface area (Å²) < 4.78 is 30.1. The molecule has 6 nitrogen and oxygen atoms in total. The normalized spacial score (nSPS) is 16.5. The number of nitrogens with one attached hydrogen (secondary N) is 1. The molecule has 0 spiro atoms. The molecule has 0 radical (unpaired) electrons. The number of rotatable bonds is 4. The maximum atomic E-state index is 11.5. The van der Waals surface area contributed by atoms with Crippen LogP contribution in [0.25, 0.3) is 0 Å². The first-order chi connectivity index (χ1) is 6.99. The van der Waals surface area contributed by atoms with Crippen molar-refractivity contribution in [2.75, 3.05) is 0 Å². The van der Waals surface area contributed by atoms with Crippen molar-refractivity contribution in [3.63, 3.8) is 0 Å². The quantitative estimate of drug-likeness (QED) is 0.782. The van der Waals surface area contributed by atoms with Crippen LogP contribution < -0.4 is 4.72 Å². The predicted octanol–water partition coefficient (Wildman–Crippen LogP) is 0.418. The summed E-state index contributed by atoms with van der Waals surface area (Å²) in [6.07, 6.45) is 1.62. The zero-order valence-corrected chi connectivity index (χ0v) is 8.45. The molecule has 0 aromatic carbocycles. The Morgan fingerprint density at radius 1 is 1.47 bits per heavy atom. The second-order valence-electron chi connectivity index (χ2n) is 3.32. The molecule has 82 valence electrons. The molecule has 1 fully saturated rings. The molecule has 1 aromatic heterocycles. The molecule has 2 N–H and O–H groups in total. The van der Waals surface area contributed by atoms with E-state index in [2.05, 4.69) is 9.14 Å². The van der Waals surface area contributed by atoms with Gasteiger partial charge in [-0.1, -0.05) is 0 Å². The lowest BCUT2D eigenvalue weighted by molar-refractivity contribution is 0.0656. The fourth-order valence-electron chi connectivity index (χ4n) is 1.06. The van der Waals surface area contributed by atoms with Gasteiger partial charge < -0.3 is 9.52 Å². The van der Waals surface area contributed by atoms with Gasteiger partial charge in [0.25, 0.3) is 10.0 Å². The molecule has 0 aliphatic heterocycles. The van der Waals surface area contributed by atoms with E-state index in [0.717, 1.165) is 25.0 Å². The zero-order chi connectivity index (χ0) is 11.1. The first-order valence-corrected chi connectivity index (χ1v) is 5.83. The second kappa shape index (κ2) is 3.35. The summed E-state index contributed by atoms with van der Waals surface area (Å²) in [5, 5.41) is 8.19. The molecule has 15 heavy (non-hydrogen) atoms. The Hall–Kier alpha value is -1.34. The van der Waals surface area contributed by atoms with Crippen LogP contribution in [0.1, 0.15) is 23.4 Å². The molecule has 0 atom stereocenters. The molecule has 1 aliphatic carbocycles. The van der Waals surface area contributed by atoms with Crippen molar-refractivity contribution >= 4 is 16.0 Å². The van der Waals surface area contributed by atoms with Crippen LogP contribution in [0.2, 0.25) is 0 Å². The van der Waals surface area contributed by atoms with Crippen LogP contribution in [0, 0.1) is 0 Å². The van der Waals surface area contributed by atoms with E-state index in [1.165, 1.54) is 0 Å². The van der Waals surface area contributed by atoms with Crippen molar-refractivity contribution in [3.05, 3.63) is 17.9 Å². The molecule has 7 heteroatoms. The maximum Gasteiger partial charge on any atom is 0.371 e. The van der Waals surface area contributed by atoms with Gasteiger partial charge >= 0.3 is 5.97 Å². The summed E-state index contributed by atoms with van der Waals surface area (Å²) in [4.78, 5) is 10.5. The molecule has 1 aliphatic rings. The van der Waals surface area contributed by atoms with E-state index in [4.69, 9.17) is 5.11 Å². The van der Waals surface area contributed by atoms with E-state index in [9.17, 15) is 13.2 Å². The molecule has 0 saturated heterocycles. The highest BCUT2D eigenvalue weighted by Gasteiger charge is 2.30. The van der Waals surface area contributed by atoms with Gasteiger partial charge in [0.15, 0.2) is 0 Å². The van der Waals surface area contributed by atoms with Gasteiger partial charge in [0.2, 0.25) is 10.9 Å². The average Bonchev–Trinajstić information content (AvgIpc) is 2.80. The van der Waals surface area contributed by atoms with Crippen molar-refractivity contribution in [1.82, 2.24) is 4.72 Å². The van der Waals surface area contributed by atoms with Crippen molar-refractivity contribution in [3.8, 4) is 0 Å². The Morgan fingerprint density at radius 3 is 2.60 bits per heavy atom. The van der Waals surface area contributed by atoms with Crippen LogP contribution in [-0.4, -0.2) is 25.5 Å². The van der Waals surface area contributed by atoms with Gasteiger partial charge in [-0.2, -0.15) is 0 Å². The molecule has 0 amide bonds. The molecule has 1 aromatic rings. The molecule has 2 rings (SSSR count). The average molecular weight is 231 g/mol. The fraction of sp³-hybridized carbons (Fsp3) is 0.375. The minimum Gasteiger partial charge on any atom is -0.475 e. The SMILES string of the molecule is O=C(O)c1ccc(S(=O)(=O)NC2CC2)o1. The van der Waals surface area contributed by atoms with Crippen LogP contribution in [0.5, 0.6) is 0 Å². The maximum absolute atomic E-state index is 11.5. The van der Waals surface area contributed by atoms with Gasteiger partial charge in [0.05, 0.1) is 0 Å². The Bertz CT molecular complexity index is 485. The lowest BCUT2D eigenvalue weighted by Gasteiger charge is -2.00. The summed E-state index contributed by atoms with van der Waals surface area (Å²) >= 11 is 0. The van der Waals surface area contributed by atoms with E-state index >= 15 is 0 Å². The molecule has 1 heterocycles. The highest BCUT2D eigenvalue weighted by atomic mass is 32.2. The topological polar surface area (TPSA) is 96.6 Å². The van der Waals surface area contributed by atoms with Crippen LogP contribution in [-0.2, 0) is 10.0 Å². The molecule has 0 unspecified atom stereocenters. The van der Waals surface area contributed by atoms with Gasteiger partial charge in [-0.25, -0.2) is 17.9 Å². The first-order valence-electron chi connectivity index (χ1n) is 4.34. The van der Waals surface area contributed by atoms with Gasteiger partial charge in [0, 0.05) is 6.04 Å². The number of carbonyl (C=O) groups is 1. The van der Waals surface area contributed by atoms with Crippen molar-refractivity contribution in [1.29, 1.82) is 0 Å². The highest BCUT2D eigenvalue weighted by molar-refractivity contribution is 7.89. The van der Waals surface area contributed by atoms with Gasteiger partial charge in [-0.3, -0.25) is 0 Å². The third-order valence-corrected chi connectivity index (χ3v) is 3.35. The lowest BCUT2D eigenvalue weighted by Crippen LogP contribution is -2.25. The third kappa shape index (κ3) is 2.18. The van der Waals surface area contributed by atoms with Crippen molar-refractivity contribution in [2.45, 2.75) is 24.0 Å². The number of hydrogen-bond donors (Lipinski definition) is 2. The molecular formula is C8H9NO5S. The molecule has 1 saturated carbocycles. The predicted molar refractivity (Wildman–Crippen MR) is 49.0 cm³/mol. The van der Waals surface area contributed by atoms with E-state index in [0.29, 0.717) is 0 Å². The standard InChI is InChI=1S/C8H9NO5S/c10-8(11)6-3-4-7(14-6)15(12,13)9-5-1-2-5/h3-5,9H,1-2H2,(H,10,11). The summed E-state index contributed by atoms with van der Waals surface area (Å²) in [5.74, 6) is -1.67. The van der Waals surface area contributed by atoms with Gasteiger partial charge in [-0.05, 0) is 25.0 Å². The van der Waals surface area contributed by atoms with E-state index in [1.54, 1.807) is 0 Å². The van der Waals surface area contributed by atoms with Crippen molar-refractivity contribution in [2.24, 2.45) is 0 Å². The number of carboxylic acids is 1. The smallest absolute Gasteiger partial charge is 0.371 e. The minimum absolute atomic E-state index is 0.0339. The second-order valence-corrected chi connectivity index (χ2v) is 4.96. The number of furan rings is 1. The van der Waals surface area contributed by atoms with Gasteiger partial charge in [-0.15, -0.1) is 0 Å².